The number of hydrogen-bond acceptors (Lipinski definition) is 2. The number of piperidine rings is 1. The van der Waals surface area contributed by atoms with E-state index < -0.39 is 0 Å². The normalized spacial score (nSPS) is 17.7. The Bertz CT molecular complexity index is 724. The number of likely N-dealkylation sites (N-methyl/N-ethyl adjacent to an activating group) is 1. The van der Waals surface area contributed by atoms with Crippen molar-refractivity contribution < 1.29 is 4.79 Å². The Morgan fingerprint density at radius 2 is 1.92 bits per heavy atom. The zero-order chi connectivity index (χ0) is 18.4. The van der Waals surface area contributed by atoms with E-state index >= 15 is 0 Å². The summed E-state index contributed by atoms with van der Waals surface area (Å²) >= 11 is 0. The minimum absolute atomic E-state index is 0.107. The molecule has 2 aromatic carbocycles. The van der Waals surface area contributed by atoms with Crippen LogP contribution in [-0.2, 0) is 6.42 Å². The third-order valence-electron chi connectivity index (χ3n) is 5.30. The van der Waals surface area contributed by atoms with Crippen LogP contribution >= 0.6 is 0 Å². The van der Waals surface area contributed by atoms with Crippen LogP contribution in [-0.4, -0.2) is 48.4 Å². The number of benzene rings is 2. The molecule has 0 bridgehead atoms. The lowest BCUT2D eigenvalue weighted by molar-refractivity contribution is 0.0619. The van der Waals surface area contributed by atoms with Crippen LogP contribution in [0.2, 0.25) is 0 Å². The van der Waals surface area contributed by atoms with E-state index in [1.807, 2.05) is 36.2 Å². The van der Waals surface area contributed by atoms with Crippen molar-refractivity contribution in [1.82, 2.24) is 9.80 Å². The van der Waals surface area contributed by atoms with Crippen LogP contribution in [0, 0.1) is 0 Å². The summed E-state index contributed by atoms with van der Waals surface area (Å²) in [6.45, 7) is 6.90. The minimum atomic E-state index is 0.107. The summed E-state index contributed by atoms with van der Waals surface area (Å²) in [6, 6.07) is 18.6. The van der Waals surface area contributed by atoms with Crippen LogP contribution in [0.1, 0.15) is 34.3 Å². The first-order valence-corrected chi connectivity index (χ1v) is 9.43. The number of hydrogen-bond donors (Lipinski definition) is 0. The first-order valence-electron chi connectivity index (χ1n) is 9.43. The smallest absolute Gasteiger partial charge is 0.253 e. The summed E-state index contributed by atoms with van der Waals surface area (Å²) in [5.74, 6) is 0.107. The Morgan fingerprint density at radius 3 is 2.62 bits per heavy atom. The van der Waals surface area contributed by atoms with Crippen molar-refractivity contribution in [3.63, 3.8) is 0 Å². The molecule has 1 atom stereocenters. The minimum Gasteiger partial charge on any atom is -0.337 e. The molecule has 1 aliphatic rings. The maximum Gasteiger partial charge on any atom is 0.253 e. The standard InChI is InChI=1S/C23H28N2O/c1-3-19-11-13-21(14-12-19)23(26)24(2)22-10-7-16-25(18-22)17-15-20-8-5-4-6-9-20/h3-6,8-9,11-14,22H,1,7,10,15-18H2,2H3. The van der Waals surface area contributed by atoms with Crippen molar-refractivity contribution in [2.24, 2.45) is 0 Å². The lowest BCUT2D eigenvalue weighted by atomic mass is 10.0. The van der Waals surface area contributed by atoms with Crippen molar-refractivity contribution >= 4 is 12.0 Å². The van der Waals surface area contributed by atoms with Crippen molar-refractivity contribution in [3.8, 4) is 0 Å². The molecule has 0 N–H and O–H groups in total. The third kappa shape index (κ3) is 4.61. The van der Waals surface area contributed by atoms with Crippen LogP contribution in [0.25, 0.3) is 6.08 Å². The number of carbonyl (C=O) groups excluding carboxylic acids is 1. The van der Waals surface area contributed by atoms with Crippen molar-refractivity contribution in [2.45, 2.75) is 25.3 Å². The summed E-state index contributed by atoms with van der Waals surface area (Å²) < 4.78 is 0. The molecule has 3 rings (SSSR count). The predicted molar refractivity (Wildman–Crippen MR) is 108 cm³/mol. The van der Waals surface area contributed by atoms with Crippen LogP contribution < -0.4 is 0 Å². The predicted octanol–water partition coefficient (Wildman–Crippen LogP) is 4.11. The summed E-state index contributed by atoms with van der Waals surface area (Å²) in [4.78, 5) is 17.2. The molecule has 3 nitrogen and oxygen atoms in total. The molecule has 1 heterocycles. The lowest BCUT2D eigenvalue weighted by Gasteiger charge is -2.37. The molecule has 26 heavy (non-hydrogen) atoms. The number of likely N-dealkylation sites (tertiary alicyclic amines) is 1. The van der Waals surface area contributed by atoms with Gasteiger partial charge in [0.05, 0.1) is 0 Å². The second-order valence-electron chi connectivity index (χ2n) is 7.07. The molecule has 0 aromatic heterocycles. The molecule has 1 unspecified atom stereocenters. The fraction of sp³-hybridized carbons (Fsp3) is 0.348. The topological polar surface area (TPSA) is 23.6 Å². The van der Waals surface area contributed by atoms with Gasteiger partial charge in [0.15, 0.2) is 0 Å². The maximum absolute atomic E-state index is 12.8. The van der Waals surface area contributed by atoms with Gasteiger partial charge in [-0.25, -0.2) is 0 Å². The molecule has 0 spiro atoms. The first kappa shape index (κ1) is 18.4. The fourth-order valence-electron chi connectivity index (χ4n) is 3.61. The molecule has 0 radical (unpaired) electrons. The van der Waals surface area contributed by atoms with E-state index in [2.05, 4.69) is 41.8 Å². The van der Waals surface area contributed by atoms with Gasteiger partial charge >= 0.3 is 0 Å². The van der Waals surface area contributed by atoms with Gasteiger partial charge in [-0.1, -0.05) is 55.1 Å². The maximum atomic E-state index is 12.8. The van der Waals surface area contributed by atoms with Crippen molar-refractivity contribution in [2.75, 3.05) is 26.7 Å². The molecular weight excluding hydrogens is 320 g/mol. The fourth-order valence-corrected chi connectivity index (χ4v) is 3.61. The zero-order valence-electron chi connectivity index (χ0n) is 15.6. The summed E-state index contributed by atoms with van der Waals surface area (Å²) in [5.41, 5.74) is 3.16. The van der Waals surface area contributed by atoms with Gasteiger partial charge in [-0.15, -0.1) is 0 Å². The average Bonchev–Trinajstić information content (AvgIpc) is 2.72. The highest BCUT2D eigenvalue weighted by Crippen LogP contribution is 2.18. The van der Waals surface area contributed by atoms with Crippen LogP contribution in [0.15, 0.2) is 61.2 Å². The summed E-state index contributed by atoms with van der Waals surface area (Å²) in [6.07, 6.45) is 5.08. The van der Waals surface area contributed by atoms with Gasteiger partial charge < -0.3 is 9.80 Å². The SMILES string of the molecule is C=Cc1ccc(C(=O)N(C)C2CCCN(CCc3ccccc3)C2)cc1. The molecule has 3 heteroatoms. The Balaban J connectivity index is 1.57. The quantitative estimate of drug-likeness (QED) is 0.784. The number of carbonyl (C=O) groups is 1. The largest absolute Gasteiger partial charge is 0.337 e. The van der Waals surface area contributed by atoms with E-state index in [1.165, 1.54) is 5.56 Å². The molecule has 1 saturated heterocycles. The van der Waals surface area contributed by atoms with Crippen LogP contribution in [0.4, 0.5) is 0 Å². The molecule has 1 fully saturated rings. The summed E-state index contributed by atoms with van der Waals surface area (Å²) in [5, 5.41) is 0. The molecular formula is C23H28N2O. The van der Waals surface area contributed by atoms with Crippen LogP contribution in [0.3, 0.4) is 0 Å². The summed E-state index contributed by atoms with van der Waals surface area (Å²) in [7, 11) is 1.94. The van der Waals surface area contributed by atoms with E-state index in [4.69, 9.17) is 0 Å². The lowest BCUT2D eigenvalue weighted by Crippen LogP contribution is -2.48. The zero-order valence-corrected chi connectivity index (χ0v) is 15.6. The van der Waals surface area contributed by atoms with Crippen LogP contribution in [0.5, 0.6) is 0 Å². The highest BCUT2D eigenvalue weighted by molar-refractivity contribution is 5.94. The Kier molecular flexibility index (Phi) is 6.24. The number of nitrogens with zero attached hydrogens (tertiary/aromatic N) is 2. The van der Waals surface area contributed by atoms with E-state index in [-0.39, 0.29) is 11.9 Å². The number of rotatable bonds is 6. The van der Waals surface area contributed by atoms with Gasteiger partial charge in [-0.2, -0.15) is 0 Å². The third-order valence-corrected chi connectivity index (χ3v) is 5.30. The molecule has 1 amide bonds. The van der Waals surface area contributed by atoms with Gasteiger partial charge in [0.1, 0.15) is 0 Å². The van der Waals surface area contributed by atoms with Crippen molar-refractivity contribution in [3.05, 3.63) is 77.9 Å². The van der Waals surface area contributed by atoms with E-state index in [0.717, 1.165) is 50.0 Å². The van der Waals surface area contributed by atoms with E-state index in [0.29, 0.717) is 0 Å². The molecule has 136 valence electrons. The Hall–Kier alpha value is -2.39. The molecule has 0 aliphatic carbocycles. The Morgan fingerprint density at radius 1 is 1.19 bits per heavy atom. The highest BCUT2D eigenvalue weighted by Gasteiger charge is 2.26. The van der Waals surface area contributed by atoms with E-state index in [9.17, 15) is 4.79 Å². The van der Waals surface area contributed by atoms with Crippen molar-refractivity contribution in [1.29, 1.82) is 0 Å². The molecule has 0 saturated carbocycles. The monoisotopic (exact) mass is 348 g/mol. The van der Waals surface area contributed by atoms with Gasteiger partial charge in [0.2, 0.25) is 0 Å². The van der Waals surface area contributed by atoms with Gasteiger partial charge in [0.25, 0.3) is 5.91 Å². The average molecular weight is 348 g/mol. The number of amides is 1. The second-order valence-corrected chi connectivity index (χ2v) is 7.07. The molecule has 2 aromatic rings. The van der Waals surface area contributed by atoms with E-state index in [1.54, 1.807) is 6.08 Å². The Labute approximate surface area is 156 Å². The highest BCUT2D eigenvalue weighted by atomic mass is 16.2. The first-order chi connectivity index (χ1) is 12.7. The second kappa shape index (κ2) is 8.81. The van der Waals surface area contributed by atoms with Gasteiger partial charge in [-0.05, 0) is 49.1 Å². The van der Waals surface area contributed by atoms with Gasteiger partial charge in [0, 0.05) is 31.7 Å². The molecule has 1 aliphatic heterocycles. The van der Waals surface area contributed by atoms with Gasteiger partial charge in [-0.3, -0.25) is 4.79 Å².